The van der Waals surface area contributed by atoms with Gasteiger partial charge < -0.3 is 10.1 Å². The molecule has 0 spiro atoms. The van der Waals surface area contributed by atoms with Crippen LogP contribution in [0.3, 0.4) is 0 Å². The molecule has 0 aromatic carbocycles. The normalized spacial score (nSPS) is 11.1. The van der Waals surface area contributed by atoms with Crippen molar-refractivity contribution in [2.75, 3.05) is 18.1 Å². The molecule has 0 saturated carbocycles. The maximum Gasteiger partial charge on any atom is 0.407 e. The molecule has 0 fully saturated rings. The Morgan fingerprint density at radius 3 is 2.57 bits per heavy atom. The van der Waals surface area contributed by atoms with E-state index in [-0.39, 0.29) is 6.09 Å². The molecule has 84 valence electrons. The fourth-order valence-electron chi connectivity index (χ4n) is 0.823. The highest BCUT2D eigenvalue weighted by Crippen LogP contribution is 2.06. The Hall–Kier alpha value is -0.380. The Bertz CT molecular complexity index is 166. The standard InChI is InChI=1S/C10H21NO2S/c1-5-14-8-6-7-11-9(12)13-10(2,3)4/h5-8H2,1-4H3,(H,11,12). The minimum Gasteiger partial charge on any atom is -0.444 e. The minimum atomic E-state index is -0.401. The lowest BCUT2D eigenvalue weighted by Gasteiger charge is -2.19. The molecular formula is C10H21NO2S. The van der Waals surface area contributed by atoms with E-state index in [0.717, 1.165) is 17.9 Å². The van der Waals surface area contributed by atoms with Gasteiger partial charge in [0.1, 0.15) is 5.60 Å². The second-order valence-corrected chi connectivity index (χ2v) is 5.37. The van der Waals surface area contributed by atoms with Crippen LogP contribution in [-0.2, 0) is 4.74 Å². The average molecular weight is 219 g/mol. The Morgan fingerprint density at radius 2 is 2.07 bits per heavy atom. The zero-order valence-corrected chi connectivity index (χ0v) is 10.4. The summed E-state index contributed by atoms with van der Waals surface area (Å²) >= 11 is 1.88. The van der Waals surface area contributed by atoms with E-state index in [0.29, 0.717) is 6.54 Å². The largest absolute Gasteiger partial charge is 0.444 e. The molecule has 0 aliphatic carbocycles. The summed E-state index contributed by atoms with van der Waals surface area (Å²) in [5, 5.41) is 2.72. The van der Waals surface area contributed by atoms with Gasteiger partial charge in [0.25, 0.3) is 0 Å². The molecule has 0 aromatic rings. The Kier molecular flexibility index (Phi) is 6.79. The molecule has 0 unspecified atom stereocenters. The van der Waals surface area contributed by atoms with Gasteiger partial charge in [-0.2, -0.15) is 11.8 Å². The van der Waals surface area contributed by atoms with Crippen molar-refractivity contribution in [2.24, 2.45) is 0 Å². The van der Waals surface area contributed by atoms with Gasteiger partial charge in [-0.15, -0.1) is 0 Å². The van der Waals surface area contributed by atoms with Gasteiger partial charge in [0, 0.05) is 6.54 Å². The van der Waals surface area contributed by atoms with Crippen molar-refractivity contribution < 1.29 is 9.53 Å². The monoisotopic (exact) mass is 219 g/mol. The summed E-state index contributed by atoms with van der Waals surface area (Å²) in [7, 11) is 0. The predicted molar refractivity (Wildman–Crippen MR) is 61.9 cm³/mol. The van der Waals surface area contributed by atoms with Crippen molar-refractivity contribution in [3.8, 4) is 0 Å². The molecular weight excluding hydrogens is 198 g/mol. The van der Waals surface area contributed by atoms with Gasteiger partial charge in [-0.25, -0.2) is 4.79 Å². The fourth-order valence-corrected chi connectivity index (χ4v) is 1.46. The number of thioether (sulfide) groups is 1. The third kappa shape index (κ3) is 9.71. The zero-order valence-electron chi connectivity index (χ0n) is 9.55. The SMILES string of the molecule is CCSCCCNC(=O)OC(C)(C)C. The Labute approximate surface area is 91.0 Å². The number of hydrogen-bond acceptors (Lipinski definition) is 3. The molecule has 0 aliphatic rings. The minimum absolute atomic E-state index is 0.320. The van der Waals surface area contributed by atoms with Gasteiger partial charge in [-0.3, -0.25) is 0 Å². The summed E-state index contributed by atoms with van der Waals surface area (Å²) in [5.41, 5.74) is -0.401. The number of carbonyl (C=O) groups is 1. The third-order valence-electron chi connectivity index (χ3n) is 1.34. The first-order valence-electron chi connectivity index (χ1n) is 5.00. The van der Waals surface area contributed by atoms with Crippen molar-refractivity contribution in [1.29, 1.82) is 0 Å². The number of carbonyl (C=O) groups excluding carboxylic acids is 1. The molecule has 0 saturated heterocycles. The summed E-state index contributed by atoms with van der Waals surface area (Å²) in [6.07, 6.45) is 0.677. The first-order chi connectivity index (χ1) is 6.45. The van der Waals surface area contributed by atoms with Crippen molar-refractivity contribution >= 4 is 17.9 Å². The van der Waals surface area contributed by atoms with Crippen molar-refractivity contribution in [3.63, 3.8) is 0 Å². The molecule has 1 amide bonds. The van der Waals surface area contributed by atoms with Crippen molar-refractivity contribution in [2.45, 2.75) is 39.7 Å². The van der Waals surface area contributed by atoms with E-state index in [1.54, 1.807) is 0 Å². The number of rotatable bonds is 5. The number of hydrogen-bond donors (Lipinski definition) is 1. The van der Waals surface area contributed by atoms with Crippen LogP contribution in [0.4, 0.5) is 4.79 Å². The fraction of sp³-hybridized carbons (Fsp3) is 0.900. The lowest BCUT2D eigenvalue weighted by atomic mass is 10.2. The third-order valence-corrected chi connectivity index (χ3v) is 2.32. The molecule has 4 heteroatoms. The maximum atomic E-state index is 11.2. The summed E-state index contributed by atoms with van der Waals surface area (Å²) in [5.74, 6) is 2.22. The highest BCUT2D eigenvalue weighted by Gasteiger charge is 2.15. The summed E-state index contributed by atoms with van der Waals surface area (Å²) in [4.78, 5) is 11.2. The van der Waals surface area contributed by atoms with Gasteiger partial charge in [0.15, 0.2) is 0 Å². The number of ether oxygens (including phenoxy) is 1. The molecule has 14 heavy (non-hydrogen) atoms. The van der Waals surface area contributed by atoms with Gasteiger partial charge >= 0.3 is 6.09 Å². The molecule has 3 nitrogen and oxygen atoms in total. The van der Waals surface area contributed by atoms with Crippen LogP contribution in [0.2, 0.25) is 0 Å². The van der Waals surface area contributed by atoms with E-state index in [2.05, 4.69) is 12.2 Å². The molecule has 0 heterocycles. The lowest BCUT2D eigenvalue weighted by molar-refractivity contribution is 0.0528. The van der Waals surface area contributed by atoms with E-state index in [1.807, 2.05) is 32.5 Å². The van der Waals surface area contributed by atoms with Crippen LogP contribution in [0.1, 0.15) is 34.1 Å². The highest BCUT2D eigenvalue weighted by atomic mass is 32.2. The van der Waals surface area contributed by atoms with Gasteiger partial charge in [-0.1, -0.05) is 6.92 Å². The van der Waals surface area contributed by atoms with Crippen LogP contribution in [0.25, 0.3) is 0 Å². The predicted octanol–water partition coefficient (Wildman–Crippen LogP) is 2.65. The number of alkyl carbamates (subject to hydrolysis) is 1. The topological polar surface area (TPSA) is 38.3 Å². The number of nitrogens with one attached hydrogen (secondary N) is 1. The molecule has 0 aromatic heterocycles. The summed E-state index contributed by atoms with van der Waals surface area (Å²) in [6.45, 7) is 8.41. The molecule has 0 radical (unpaired) electrons. The smallest absolute Gasteiger partial charge is 0.407 e. The summed E-state index contributed by atoms with van der Waals surface area (Å²) in [6, 6.07) is 0. The van der Waals surface area contributed by atoms with E-state index in [4.69, 9.17) is 4.74 Å². The van der Waals surface area contributed by atoms with Gasteiger partial charge in [0.05, 0.1) is 0 Å². The van der Waals surface area contributed by atoms with E-state index < -0.39 is 5.60 Å². The van der Waals surface area contributed by atoms with Crippen molar-refractivity contribution in [1.82, 2.24) is 5.32 Å². The summed E-state index contributed by atoms with van der Waals surface area (Å²) < 4.78 is 5.09. The van der Waals surface area contributed by atoms with Crippen LogP contribution >= 0.6 is 11.8 Å². The Balaban J connectivity index is 3.36. The van der Waals surface area contributed by atoms with E-state index in [1.165, 1.54) is 0 Å². The van der Waals surface area contributed by atoms with Crippen LogP contribution in [0.5, 0.6) is 0 Å². The molecule has 0 bridgehead atoms. The Morgan fingerprint density at radius 1 is 1.43 bits per heavy atom. The lowest BCUT2D eigenvalue weighted by Crippen LogP contribution is -2.33. The van der Waals surface area contributed by atoms with Gasteiger partial charge in [0.2, 0.25) is 0 Å². The zero-order chi connectivity index (χ0) is 11.0. The number of amides is 1. The van der Waals surface area contributed by atoms with Crippen molar-refractivity contribution in [3.05, 3.63) is 0 Å². The highest BCUT2D eigenvalue weighted by molar-refractivity contribution is 7.99. The second-order valence-electron chi connectivity index (χ2n) is 3.98. The first kappa shape index (κ1) is 13.6. The van der Waals surface area contributed by atoms with E-state index in [9.17, 15) is 4.79 Å². The quantitative estimate of drug-likeness (QED) is 0.722. The first-order valence-corrected chi connectivity index (χ1v) is 6.16. The maximum absolute atomic E-state index is 11.2. The second kappa shape index (κ2) is 6.98. The average Bonchev–Trinajstić information content (AvgIpc) is 2.00. The van der Waals surface area contributed by atoms with Gasteiger partial charge in [-0.05, 0) is 38.7 Å². The molecule has 0 rings (SSSR count). The van der Waals surface area contributed by atoms with Crippen LogP contribution in [0.15, 0.2) is 0 Å². The molecule has 0 atom stereocenters. The molecule has 1 N–H and O–H groups in total. The van der Waals surface area contributed by atoms with Crippen LogP contribution in [-0.4, -0.2) is 29.7 Å². The molecule has 0 aliphatic heterocycles. The van der Waals surface area contributed by atoms with E-state index >= 15 is 0 Å². The van der Waals surface area contributed by atoms with Crippen LogP contribution in [0, 0.1) is 0 Å². The van der Waals surface area contributed by atoms with Crippen LogP contribution < -0.4 is 5.32 Å².